The normalized spacial score (nSPS) is 11.5. The fourth-order valence-electron chi connectivity index (χ4n) is 3.04. The summed E-state index contributed by atoms with van der Waals surface area (Å²) < 4.78 is 5.76. The average Bonchev–Trinajstić information content (AvgIpc) is 2.75. The van der Waals surface area contributed by atoms with Crippen LogP contribution in [0.2, 0.25) is 0 Å². The fraction of sp³-hybridized carbons (Fsp3) is 0.200. The molecule has 2 N–H and O–H groups in total. The Kier molecular flexibility index (Phi) is 7.35. The van der Waals surface area contributed by atoms with Crippen molar-refractivity contribution in [3.8, 4) is 5.75 Å². The van der Waals surface area contributed by atoms with Gasteiger partial charge in [0.1, 0.15) is 18.4 Å². The van der Waals surface area contributed by atoms with E-state index >= 15 is 0 Å². The molecule has 0 spiro atoms. The molecular formula is C25H26N2O3. The first-order valence-corrected chi connectivity index (χ1v) is 9.92. The van der Waals surface area contributed by atoms with Gasteiger partial charge in [0.2, 0.25) is 5.91 Å². The lowest BCUT2D eigenvalue weighted by Crippen LogP contribution is -2.35. The van der Waals surface area contributed by atoms with Crippen molar-refractivity contribution in [3.05, 3.63) is 95.6 Å². The molecule has 0 radical (unpaired) electrons. The number of ketones is 1. The van der Waals surface area contributed by atoms with Crippen molar-refractivity contribution in [1.29, 1.82) is 0 Å². The van der Waals surface area contributed by atoms with E-state index in [1.165, 1.54) is 12.5 Å². The minimum atomic E-state index is -0.547. The van der Waals surface area contributed by atoms with Gasteiger partial charge in [0, 0.05) is 17.8 Å². The Hall–Kier alpha value is -3.44. The zero-order chi connectivity index (χ0) is 21.3. The molecule has 0 fully saturated rings. The van der Waals surface area contributed by atoms with Crippen LogP contribution < -0.4 is 15.4 Å². The quantitative estimate of drug-likeness (QED) is 0.407. The van der Waals surface area contributed by atoms with Gasteiger partial charge in [-0.1, -0.05) is 60.2 Å². The lowest BCUT2D eigenvalue weighted by Gasteiger charge is -2.19. The third kappa shape index (κ3) is 6.03. The van der Waals surface area contributed by atoms with E-state index in [9.17, 15) is 9.59 Å². The summed E-state index contributed by atoms with van der Waals surface area (Å²) in [5.41, 5.74) is 3.18. The Morgan fingerprint density at radius 3 is 2.37 bits per heavy atom. The highest BCUT2D eigenvalue weighted by Crippen LogP contribution is 2.18. The first kappa shape index (κ1) is 21.3. The Bertz CT molecular complexity index is 985. The van der Waals surface area contributed by atoms with Crippen molar-refractivity contribution < 1.29 is 14.3 Å². The van der Waals surface area contributed by atoms with Gasteiger partial charge in [0.15, 0.2) is 5.78 Å². The maximum Gasteiger partial charge on any atom is 0.246 e. The number of hydrogen-bond donors (Lipinski definition) is 2. The molecule has 0 aliphatic heterocycles. The molecule has 0 unspecified atom stereocenters. The highest BCUT2D eigenvalue weighted by molar-refractivity contribution is 5.98. The van der Waals surface area contributed by atoms with Gasteiger partial charge in [-0.3, -0.25) is 14.9 Å². The summed E-state index contributed by atoms with van der Waals surface area (Å²) in [5.74, 6) is 0.554. The van der Waals surface area contributed by atoms with Gasteiger partial charge in [0.25, 0.3) is 0 Å². The molecule has 0 saturated heterocycles. The zero-order valence-electron chi connectivity index (χ0n) is 17.2. The largest absolute Gasteiger partial charge is 0.492 e. The lowest BCUT2D eigenvalue weighted by molar-refractivity contribution is -0.118. The Morgan fingerprint density at radius 2 is 1.67 bits per heavy atom. The minimum absolute atomic E-state index is 0.0444. The highest BCUT2D eigenvalue weighted by atomic mass is 16.5. The zero-order valence-corrected chi connectivity index (χ0v) is 17.2. The van der Waals surface area contributed by atoms with E-state index in [1.807, 2.05) is 61.5 Å². The fourth-order valence-corrected chi connectivity index (χ4v) is 3.04. The number of ether oxygens (including phenoxy) is 1. The second-order valence-corrected chi connectivity index (χ2v) is 7.09. The van der Waals surface area contributed by atoms with Gasteiger partial charge >= 0.3 is 0 Å². The number of aryl methyl sites for hydroxylation is 1. The number of carbonyl (C=O) groups excluding carboxylic acids is 2. The van der Waals surface area contributed by atoms with Crippen molar-refractivity contribution in [2.45, 2.75) is 19.9 Å². The van der Waals surface area contributed by atoms with E-state index in [-0.39, 0.29) is 11.7 Å². The molecule has 3 rings (SSSR count). The average molecular weight is 402 g/mol. The van der Waals surface area contributed by atoms with Crippen LogP contribution in [0.3, 0.4) is 0 Å². The van der Waals surface area contributed by atoms with Crippen LogP contribution in [0.25, 0.3) is 0 Å². The first-order chi connectivity index (χ1) is 14.5. The summed E-state index contributed by atoms with van der Waals surface area (Å²) in [7, 11) is 0. The van der Waals surface area contributed by atoms with E-state index in [0.717, 1.165) is 11.3 Å². The van der Waals surface area contributed by atoms with Crippen LogP contribution in [0.15, 0.2) is 78.9 Å². The van der Waals surface area contributed by atoms with Crippen LogP contribution in [0, 0.1) is 6.92 Å². The van der Waals surface area contributed by atoms with Crippen LogP contribution in [-0.2, 0) is 4.79 Å². The van der Waals surface area contributed by atoms with Crippen molar-refractivity contribution in [1.82, 2.24) is 5.32 Å². The third-order valence-electron chi connectivity index (χ3n) is 4.67. The van der Waals surface area contributed by atoms with Crippen molar-refractivity contribution in [3.63, 3.8) is 0 Å². The molecule has 5 heteroatoms. The van der Waals surface area contributed by atoms with Gasteiger partial charge in [-0.25, -0.2) is 0 Å². The molecule has 30 heavy (non-hydrogen) atoms. The number of hydrogen-bond acceptors (Lipinski definition) is 4. The van der Waals surface area contributed by atoms with Crippen molar-refractivity contribution in [2.24, 2.45) is 0 Å². The second-order valence-electron chi connectivity index (χ2n) is 7.09. The molecule has 1 amide bonds. The molecule has 0 saturated carbocycles. The van der Waals surface area contributed by atoms with E-state index in [4.69, 9.17) is 4.74 Å². The topological polar surface area (TPSA) is 67.4 Å². The number of benzene rings is 3. The molecule has 3 aromatic carbocycles. The van der Waals surface area contributed by atoms with Gasteiger partial charge in [-0.15, -0.1) is 0 Å². The number of rotatable bonds is 9. The van der Waals surface area contributed by atoms with Gasteiger partial charge < -0.3 is 10.1 Å². The highest BCUT2D eigenvalue weighted by Gasteiger charge is 2.20. The SMILES string of the molecule is CC(=O)c1cccc(NC(=O)[C@@H](NCCOc2ccc(C)cc2)c2ccccc2)c1. The Labute approximate surface area is 177 Å². The number of carbonyl (C=O) groups is 2. The van der Waals surface area contributed by atoms with E-state index in [0.29, 0.717) is 24.4 Å². The van der Waals surface area contributed by atoms with Gasteiger partial charge in [-0.2, -0.15) is 0 Å². The number of nitrogens with one attached hydrogen (secondary N) is 2. The predicted molar refractivity (Wildman–Crippen MR) is 119 cm³/mol. The van der Waals surface area contributed by atoms with Crippen molar-refractivity contribution >= 4 is 17.4 Å². The predicted octanol–water partition coefficient (Wildman–Crippen LogP) is 4.55. The molecule has 3 aromatic rings. The minimum Gasteiger partial charge on any atom is -0.492 e. The first-order valence-electron chi connectivity index (χ1n) is 9.92. The molecule has 1 atom stereocenters. The summed E-state index contributed by atoms with van der Waals surface area (Å²) in [6, 6.07) is 23.8. The monoisotopic (exact) mass is 402 g/mol. The summed E-state index contributed by atoms with van der Waals surface area (Å²) in [6.07, 6.45) is 0. The lowest BCUT2D eigenvalue weighted by atomic mass is 10.1. The van der Waals surface area contributed by atoms with Crippen LogP contribution >= 0.6 is 0 Å². The van der Waals surface area contributed by atoms with E-state index in [1.54, 1.807) is 24.3 Å². The second kappa shape index (κ2) is 10.4. The summed E-state index contributed by atoms with van der Waals surface area (Å²) in [6.45, 7) is 4.46. The number of anilines is 1. The smallest absolute Gasteiger partial charge is 0.246 e. The van der Waals surface area contributed by atoms with Crippen LogP contribution in [-0.4, -0.2) is 24.8 Å². The van der Waals surface area contributed by atoms with E-state index in [2.05, 4.69) is 10.6 Å². The van der Waals surface area contributed by atoms with Gasteiger partial charge in [0.05, 0.1) is 0 Å². The number of amides is 1. The Morgan fingerprint density at radius 1 is 0.933 bits per heavy atom. The van der Waals surface area contributed by atoms with Crippen LogP contribution in [0.5, 0.6) is 5.75 Å². The van der Waals surface area contributed by atoms with Crippen LogP contribution in [0.1, 0.15) is 34.5 Å². The molecule has 0 bridgehead atoms. The van der Waals surface area contributed by atoms with Crippen molar-refractivity contribution in [2.75, 3.05) is 18.5 Å². The maximum atomic E-state index is 13.0. The summed E-state index contributed by atoms with van der Waals surface area (Å²) in [4.78, 5) is 24.6. The molecule has 154 valence electrons. The summed E-state index contributed by atoms with van der Waals surface area (Å²) >= 11 is 0. The summed E-state index contributed by atoms with van der Waals surface area (Å²) in [5, 5.41) is 6.18. The third-order valence-corrected chi connectivity index (χ3v) is 4.67. The standard InChI is InChI=1S/C25H26N2O3/c1-18-11-13-23(14-12-18)30-16-15-26-24(20-7-4-3-5-8-20)25(29)27-22-10-6-9-21(17-22)19(2)28/h3-14,17,24,26H,15-16H2,1-2H3,(H,27,29)/t24-/m0/s1. The molecule has 5 nitrogen and oxygen atoms in total. The molecule has 0 heterocycles. The Balaban J connectivity index is 1.65. The molecule has 0 aromatic heterocycles. The molecular weight excluding hydrogens is 376 g/mol. The number of Topliss-reactive ketones (excluding diaryl/α,β-unsaturated/α-hetero) is 1. The maximum absolute atomic E-state index is 13.0. The molecule has 0 aliphatic carbocycles. The van der Waals surface area contributed by atoms with Gasteiger partial charge in [-0.05, 0) is 43.7 Å². The molecule has 0 aliphatic rings. The van der Waals surface area contributed by atoms with E-state index < -0.39 is 6.04 Å². The van der Waals surface area contributed by atoms with Crippen LogP contribution in [0.4, 0.5) is 5.69 Å².